The van der Waals surface area contributed by atoms with Gasteiger partial charge in [-0.05, 0) is 5.56 Å². The van der Waals surface area contributed by atoms with Crippen LogP contribution in [0.5, 0.6) is 0 Å². The fourth-order valence-corrected chi connectivity index (χ4v) is 2.55. The van der Waals surface area contributed by atoms with E-state index < -0.39 is 28.9 Å². The number of hydrogen-bond acceptors (Lipinski definition) is 5. The Labute approximate surface area is 149 Å². The number of nitro benzene ring substituents is 1. The first-order chi connectivity index (χ1) is 12.4. The zero-order chi connectivity index (χ0) is 19.1. The fraction of sp³-hybridized carbons (Fsp3) is 0.222. The number of hydrogen-bond donors (Lipinski definition) is 2. The van der Waals surface area contributed by atoms with E-state index in [-0.39, 0.29) is 17.7 Å². The van der Waals surface area contributed by atoms with E-state index in [0.717, 1.165) is 0 Å². The Bertz CT molecular complexity index is 793. The van der Waals surface area contributed by atoms with Gasteiger partial charge >= 0.3 is 5.97 Å². The third-order valence-electron chi connectivity index (χ3n) is 3.80. The van der Waals surface area contributed by atoms with Gasteiger partial charge in [0.1, 0.15) is 6.04 Å². The second kappa shape index (κ2) is 8.72. The zero-order valence-electron chi connectivity index (χ0n) is 14.0. The van der Waals surface area contributed by atoms with Crippen LogP contribution in [0.25, 0.3) is 0 Å². The van der Waals surface area contributed by atoms with Gasteiger partial charge in [-0.15, -0.1) is 0 Å². The molecule has 2 aromatic carbocycles. The van der Waals surface area contributed by atoms with Gasteiger partial charge in [-0.25, -0.2) is 4.79 Å². The molecule has 0 saturated heterocycles. The summed E-state index contributed by atoms with van der Waals surface area (Å²) in [6, 6.07) is 13.1. The first kappa shape index (κ1) is 19.1. The number of carboxylic acids is 1. The molecule has 0 fully saturated rings. The van der Waals surface area contributed by atoms with Crippen LogP contribution in [0.1, 0.15) is 17.2 Å². The van der Waals surface area contributed by atoms with Crippen LogP contribution in [0, 0.1) is 10.1 Å². The molecule has 0 radical (unpaired) electrons. The minimum Gasteiger partial charge on any atom is -0.480 e. The van der Waals surface area contributed by atoms with Crippen molar-refractivity contribution in [2.24, 2.45) is 0 Å². The Kier molecular flexibility index (Phi) is 6.40. The molecular formula is C18H18N2O6. The van der Waals surface area contributed by atoms with Crippen LogP contribution in [0.15, 0.2) is 54.6 Å². The van der Waals surface area contributed by atoms with Gasteiger partial charge in [-0.1, -0.05) is 48.5 Å². The lowest BCUT2D eigenvalue weighted by Gasteiger charge is -2.20. The maximum absolute atomic E-state index is 12.5. The molecule has 2 rings (SSSR count). The molecule has 0 bridgehead atoms. The number of nitro groups is 1. The molecule has 0 aliphatic rings. The van der Waals surface area contributed by atoms with Crippen LogP contribution in [0.4, 0.5) is 5.69 Å². The van der Waals surface area contributed by atoms with Gasteiger partial charge in [0.2, 0.25) is 0 Å². The topological polar surface area (TPSA) is 119 Å². The second-order valence-electron chi connectivity index (χ2n) is 5.52. The number of benzene rings is 2. The first-order valence-electron chi connectivity index (χ1n) is 7.77. The molecule has 2 atom stereocenters. The number of aliphatic carboxylic acids is 1. The van der Waals surface area contributed by atoms with Crippen molar-refractivity contribution in [2.45, 2.75) is 18.6 Å². The van der Waals surface area contributed by atoms with Gasteiger partial charge in [-0.3, -0.25) is 14.9 Å². The van der Waals surface area contributed by atoms with Crippen LogP contribution < -0.4 is 5.32 Å². The van der Waals surface area contributed by atoms with Crippen molar-refractivity contribution in [3.8, 4) is 0 Å². The van der Waals surface area contributed by atoms with Crippen molar-refractivity contribution in [1.82, 2.24) is 5.32 Å². The summed E-state index contributed by atoms with van der Waals surface area (Å²) in [6.07, 6.45) is -1.20. The van der Waals surface area contributed by atoms with Gasteiger partial charge < -0.3 is 15.2 Å². The van der Waals surface area contributed by atoms with Crippen molar-refractivity contribution >= 4 is 17.6 Å². The Morgan fingerprint density at radius 3 is 2.35 bits per heavy atom. The number of carbonyl (C=O) groups is 2. The van der Waals surface area contributed by atoms with Crippen LogP contribution in [-0.2, 0) is 20.7 Å². The number of methoxy groups -OCH3 is 1. The highest BCUT2D eigenvalue weighted by Gasteiger charge is 2.28. The molecule has 0 saturated carbocycles. The summed E-state index contributed by atoms with van der Waals surface area (Å²) < 4.78 is 5.18. The summed E-state index contributed by atoms with van der Waals surface area (Å²) in [5, 5.41) is 22.9. The molecule has 26 heavy (non-hydrogen) atoms. The van der Waals surface area contributed by atoms with E-state index in [0.29, 0.717) is 5.56 Å². The smallest absolute Gasteiger partial charge is 0.326 e. The highest BCUT2D eigenvalue weighted by molar-refractivity contribution is 5.87. The maximum Gasteiger partial charge on any atom is 0.326 e. The number of para-hydroxylation sites is 1. The number of amides is 1. The molecule has 0 aliphatic carbocycles. The minimum atomic E-state index is -1.33. The van der Waals surface area contributed by atoms with Gasteiger partial charge in [0.05, 0.1) is 4.92 Å². The Morgan fingerprint density at radius 1 is 1.15 bits per heavy atom. The molecule has 8 nitrogen and oxygen atoms in total. The molecule has 2 aromatic rings. The van der Waals surface area contributed by atoms with Crippen LogP contribution in [0.2, 0.25) is 0 Å². The highest BCUT2D eigenvalue weighted by atomic mass is 16.6. The number of carboxylic acid groups (broad SMARTS) is 1. The lowest BCUT2D eigenvalue weighted by molar-refractivity contribution is -0.385. The quantitative estimate of drug-likeness (QED) is 0.551. The summed E-state index contributed by atoms with van der Waals surface area (Å²) >= 11 is 0. The second-order valence-corrected chi connectivity index (χ2v) is 5.52. The lowest BCUT2D eigenvalue weighted by atomic mass is 10.0. The van der Waals surface area contributed by atoms with Crippen molar-refractivity contribution in [3.05, 3.63) is 75.8 Å². The van der Waals surface area contributed by atoms with E-state index in [1.54, 1.807) is 36.4 Å². The van der Waals surface area contributed by atoms with Gasteiger partial charge in [0.15, 0.2) is 6.10 Å². The third kappa shape index (κ3) is 4.64. The Balaban J connectivity index is 2.19. The molecular weight excluding hydrogens is 340 g/mol. The monoisotopic (exact) mass is 358 g/mol. The average Bonchev–Trinajstić information content (AvgIpc) is 2.63. The van der Waals surface area contributed by atoms with Crippen molar-refractivity contribution in [3.63, 3.8) is 0 Å². The standard InChI is InChI=1S/C18H18N2O6/c1-26-16(12-7-3-2-4-8-12)17(21)19-14(18(22)23)11-13-9-5-6-10-15(13)20(24)25/h2-10,14,16H,11H2,1H3,(H,19,21)(H,22,23)/t14-,16+/m1/s1. The molecule has 136 valence electrons. The van der Waals surface area contributed by atoms with Gasteiger partial charge in [0, 0.05) is 25.2 Å². The van der Waals surface area contributed by atoms with Crippen LogP contribution in [-0.4, -0.2) is 35.1 Å². The van der Waals surface area contributed by atoms with Crippen molar-refractivity contribution < 1.29 is 24.4 Å². The van der Waals surface area contributed by atoms with E-state index in [4.69, 9.17) is 4.74 Å². The largest absolute Gasteiger partial charge is 0.480 e. The number of carbonyl (C=O) groups excluding carboxylic acids is 1. The number of ether oxygens (including phenoxy) is 1. The van der Waals surface area contributed by atoms with E-state index in [9.17, 15) is 24.8 Å². The molecule has 0 spiro atoms. The summed E-state index contributed by atoms with van der Waals surface area (Å²) in [5.74, 6) is -1.93. The predicted molar refractivity (Wildman–Crippen MR) is 92.6 cm³/mol. The highest BCUT2D eigenvalue weighted by Crippen LogP contribution is 2.21. The van der Waals surface area contributed by atoms with E-state index in [1.165, 1.54) is 25.3 Å². The number of rotatable bonds is 8. The van der Waals surface area contributed by atoms with E-state index >= 15 is 0 Å². The van der Waals surface area contributed by atoms with Gasteiger partial charge in [0.25, 0.3) is 11.6 Å². The molecule has 8 heteroatoms. The minimum absolute atomic E-state index is 0.195. The lowest BCUT2D eigenvalue weighted by Crippen LogP contribution is -2.44. The SMILES string of the molecule is CO[C@H](C(=O)N[C@H](Cc1ccccc1[N+](=O)[O-])C(=O)O)c1ccccc1. The summed E-state index contributed by atoms with van der Waals surface area (Å²) in [4.78, 5) is 34.5. The van der Waals surface area contributed by atoms with Crippen LogP contribution >= 0.6 is 0 Å². The summed E-state index contributed by atoms with van der Waals surface area (Å²) in [6.45, 7) is 0. The fourth-order valence-electron chi connectivity index (χ4n) is 2.55. The van der Waals surface area contributed by atoms with Crippen molar-refractivity contribution in [2.75, 3.05) is 7.11 Å². The van der Waals surface area contributed by atoms with E-state index in [2.05, 4.69) is 5.32 Å². The maximum atomic E-state index is 12.5. The number of nitrogens with one attached hydrogen (secondary N) is 1. The molecule has 1 amide bonds. The normalized spacial score (nSPS) is 12.8. The molecule has 0 unspecified atom stereocenters. The molecule has 0 heterocycles. The Hall–Kier alpha value is -3.26. The van der Waals surface area contributed by atoms with Crippen LogP contribution in [0.3, 0.4) is 0 Å². The third-order valence-corrected chi connectivity index (χ3v) is 3.80. The number of nitrogens with zero attached hydrogens (tertiary/aromatic N) is 1. The first-order valence-corrected chi connectivity index (χ1v) is 7.77. The summed E-state index contributed by atoms with van der Waals surface area (Å²) in [7, 11) is 1.34. The average molecular weight is 358 g/mol. The summed E-state index contributed by atoms with van der Waals surface area (Å²) in [5.41, 5.74) is 0.598. The molecule has 2 N–H and O–H groups in total. The molecule has 0 aromatic heterocycles. The van der Waals surface area contributed by atoms with E-state index in [1.807, 2.05) is 0 Å². The predicted octanol–water partition coefficient (Wildman–Crippen LogP) is 2.09. The van der Waals surface area contributed by atoms with Gasteiger partial charge in [-0.2, -0.15) is 0 Å². The molecule has 0 aliphatic heterocycles. The van der Waals surface area contributed by atoms with Crippen molar-refractivity contribution in [1.29, 1.82) is 0 Å². The zero-order valence-corrected chi connectivity index (χ0v) is 14.0. The Morgan fingerprint density at radius 2 is 1.77 bits per heavy atom.